The first kappa shape index (κ1) is 16.2. The molecule has 1 aliphatic carbocycles. The number of piperidine rings is 1. The van der Waals surface area contributed by atoms with Crippen LogP contribution in [0.3, 0.4) is 0 Å². The Bertz CT molecular complexity index is 796. The number of nitrogens with zero attached hydrogens (tertiary/aromatic N) is 2. The van der Waals surface area contributed by atoms with Crippen molar-refractivity contribution < 1.29 is 13.6 Å². The molecular formula is C19H21F2N3O. The molecule has 0 unspecified atom stereocenters. The normalized spacial score (nSPS) is 23.7. The van der Waals surface area contributed by atoms with Crippen LogP contribution < -0.4 is 0 Å². The lowest BCUT2D eigenvalue weighted by atomic mass is 9.96. The third-order valence-electron chi connectivity index (χ3n) is 5.45. The molecule has 1 amide bonds. The van der Waals surface area contributed by atoms with Crippen molar-refractivity contribution in [3.63, 3.8) is 0 Å². The van der Waals surface area contributed by atoms with E-state index in [2.05, 4.69) is 16.9 Å². The highest BCUT2D eigenvalue weighted by molar-refractivity contribution is 5.81. The first-order valence-corrected chi connectivity index (χ1v) is 8.82. The summed E-state index contributed by atoms with van der Waals surface area (Å²) in [5, 5.41) is 0. The number of imidazole rings is 1. The number of halogens is 2. The average molecular weight is 345 g/mol. The van der Waals surface area contributed by atoms with Gasteiger partial charge in [0.15, 0.2) is 11.6 Å². The molecule has 0 radical (unpaired) electrons. The molecule has 25 heavy (non-hydrogen) atoms. The number of aromatic amines is 1. The van der Waals surface area contributed by atoms with Crippen LogP contribution in [-0.2, 0) is 4.79 Å². The van der Waals surface area contributed by atoms with E-state index in [4.69, 9.17) is 0 Å². The SMILES string of the molecule is C[C@H]1C[C@H]1C(=O)N1CCC(c2ncc(-c3ccc(F)c(F)c3)[nH]2)CC1. The Kier molecular flexibility index (Phi) is 4.06. The number of nitrogens with one attached hydrogen (secondary N) is 1. The molecule has 1 saturated carbocycles. The predicted molar refractivity (Wildman–Crippen MR) is 89.8 cm³/mol. The highest BCUT2D eigenvalue weighted by Crippen LogP contribution is 2.40. The number of carbonyl (C=O) groups is 1. The van der Waals surface area contributed by atoms with Crippen LogP contribution in [0.25, 0.3) is 11.3 Å². The molecule has 2 fully saturated rings. The van der Waals surface area contributed by atoms with Gasteiger partial charge in [0.1, 0.15) is 5.82 Å². The summed E-state index contributed by atoms with van der Waals surface area (Å²) in [5.41, 5.74) is 1.26. The Labute approximate surface area is 145 Å². The van der Waals surface area contributed by atoms with Crippen LogP contribution >= 0.6 is 0 Å². The summed E-state index contributed by atoms with van der Waals surface area (Å²) in [6, 6.07) is 3.83. The minimum Gasteiger partial charge on any atom is -0.342 e. The van der Waals surface area contributed by atoms with E-state index in [0.29, 0.717) is 23.1 Å². The molecule has 2 atom stereocenters. The van der Waals surface area contributed by atoms with Crippen LogP contribution in [0.15, 0.2) is 24.4 Å². The van der Waals surface area contributed by atoms with Crippen molar-refractivity contribution in [2.45, 2.75) is 32.1 Å². The highest BCUT2D eigenvalue weighted by Gasteiger charge is 2.42. The molecule has 1 aromatic carbocycles. The molecule has 132 valence electrons. The summed E-state index contributed by atoms with van der Waals surface area (Å²) in [5.74, 6) is 0.466. The lowest BCUT2D eigenvalue weighted by Gasteiger charge is -2.31. The fourth-order valence-corrected chi connectivity index (χ4v) is 3.63. The Hall–Kier alpha value is -2.24. The minimum absolute atomic E-state index is 0.236. The van der Waals surface area contributed by atoms with E-state index < -0.39 is 11.6 Å². The Morgan fingerprint density at radius 1 is 1.24 bits per heavy atom. The second-order valence-electron chi connectivity index (χ2n) is 7.23. The number of hydrogen-bond acceptors (Lipinski definition) is 2. The molecule has 0 spiro atoms. The van der Waals surface area contributed by atoms with Crippen LogP contribution in [0, 0.1) is 23.5 Å². The lowest BCUT2D eigenvalue weighted by Crippen LogP contribution is -2.39. The van der Waals surface area contributed by atoms with Crippen LogP contribution in [0.1, 0.15) is 37.9 Å². The van der Waals surface area contributed by atoms with E-state index in [1.807, 2.05) is 4.90 Å². The van der Waals surface area contributed by atoms with Crippen molar-refractivity contribution in [1.82, 2.24) is 14.9 Å². The van der Waals surface area contributed by atoms with Crippen molar-refractivity contribution >= 4 is 5.91 Å². The van der Waals surface area contributed by atoms with Crippen LogP contribution in [0.5, 0.6) is 0 Å². The summed E-state index contributed by atoms with van der Waals surface area (Å²) in [6.07, 6.45) is 4.43. The first-order chi connectivity index (χ1) is 12.0. The van der Waals surface area contributed by atoms with E-state index in [1.165, 1.54) is 12.1 Å². The van der Waals surface area contributed by atoms with Gasteiger partial charge in [-0.3, -0.25) is 4.79 Å². The average Bonchev–Trinajstić information content (AvgIpc) is 3.15. The van der Waals surface area contributed by atoms with Crippen molar-refractivity contribution in [3.05, 3.63) is 41.9 Å². The van der Waals surface area contributed by atoms with Crippen LogP contribution in [-0.4, -0.2) is 33.9 Å². The molecule has 1 aliphatic heterocycles. The maximum Gasteiger partial charge on any atom is 0.225 e. The van der Waals surface area contributed by atoms with Crippen molar-refractivity contribution in [3.8, 4) is 11.3 Å². The molecule has 0 bridgehead atoms. The molecule has 1 N–H and O–H groups in total. The molecule has 4 nitrogen and oxygen atoms in total. The van der Waals surface area contributed by atoms with Crippen molar-refractivity contribution in [2.75, 3.05) is 13.1 Å². The third-order valence-corrected chi connectivity index (χ3v) is 5.45. The number of amides is 1. The molecule has 4 rings (SSSR count). The zero-order valence-corrected chi connectivity index (χ0v) is 14.1. The molecule has 1 aromatic heterocycles. The maximum absolute atomic E-state index is 13.4. The second kappa shape index (κ2) is 6.24. The van der Waals surface area contributed by atoms with E-state index in [1.54, 1.807) is 6.20 Å². The van der Waals surface area contributed by atoms with Gasteiger partial charge in [-0.15, -0.1) is 0 Å². The van der Waals surface area contributed by atoms with Crippen LogP contribution in [0.2, 0.25) is 0 Å². The number of H-pyrrole nitrogens is 1. The molecule has 2 aromatic rings. The summed E-state index contributed by atoms with van der Waals surface area (Å²) in [7, 11) is 0. The molecule has 6 heteroatoms. The van der Waals surface area contributed by atoms with Gasteiger partial charge in [-0.05, 0) is 43.4 Å². The number of hydrogen-bond donors (Lipinski definition) is 1. The fourth-order valence-electron chi connectivity index (χ4n) is 3.63. The van der Waals surface area contributed by atoms with E-state index >= 15 is 0 Å². The van der Waals surface area contributed by atoms with Gasteiger partial charge in [0.25, 0.3) is 0 Å². The number of rotatable bonds is 3. The van der Waals surface area contributed by atoms with E-state index in [0.717, 1.165) is 44.2 Å². The van der Waals surface area contributed by atoms with Gasteiger partial charge >= 0.3 is 0 Å². The molecule has 2 aliphatic rings. The number of likely N-dealkylation sites (tertiary alicyclic amines) is 1. The predicted octanol–water partition coefficient (Wildman–Crippen LogP) is 3.72. The Morgan fingerprint density at radius 2 is 1.96 bits per heavy atom. The number of aromatic nitrogens is 2. The van der Waals surface area contributed by atoms with Gasteiger partial charge in [-0.1, -0.05) is 6.92 Å². The van der Waals surface area contributed by atoms with Gasteiger partial charge in [-0.25, -0.2) is 13.8 Å². The maximum atomic E-state index is 13.4. The zero-order chi connectivity index (χ0) is 17.6. The standard InChI is InChI=1S/C19H21F2N3O/c1-11-8-14(11)19(25)24-6-4-12(5-7-24)18-22-10-17(23-18)13-2-3-15(20)16(21)9-13/h2-3,9-12,14H,4-8H2,1H3,(H,22,23)/t11-,14+/m0/s1. The van der Waals surface area contributed by atoms with E-state index in [-0.39, 0.29) is 11.8 Å². The van der Waals surface area contributed by atoms with Gasteiger partial charge in [-0.2, -0.15) is 0 Å². The van der Waals surface area contributed by atoms with Gasteiger partial charge in [0.2, 0.25) is 5.91 Å². The van der Waals surface area contributed by atoms with E-state index in [9.17, 15) is 13.6 Å². The topological polar surface area (TPSA) is 49.0 Å². The number of benzene rings is 1. The monoisotopic (exact) mass is 345 g/mol. The third kappa shape index (κ3) is 3.17. The van der Waals surface area contributed by atoms with Gasteiger partial charge in [0, 0.05) is 30.5 Å². The number of carbonyl (C=O) groups excluding carboxylic acids is 1. The van der Waals surface area contributed by atoms with Gasteiger partial charge in [0.05, 0.1) is 11.9 Å². The summed E-state index contributed by atoms with van der Waals surface area (Å²) >= 11 is 0. The highest BCUT2D eigenvalue weighted by atomic mass is 19.2. The lowest BCUT2D eigenvalue weighted by molar-refractivity contribution is -0.133. The zero-order valence-electron chi connectivity index (χ0n) is 14.1. The molecule has 2 heterocycles. The van der Waals surface area contributed by atoms with Crippen molar-refractivity contribution in [2.24, 2.45) is 11.8 Å². The summed E-state index contributed by atoms with van der Waals surface area (Å²) in [4.78, 5) is 21.9. The minimum atomic E-state index is -0.866. The molecule has 1 saturated heterocycles. The smallest absolute Gasteiger partial charge is 0.225 e. The van der Waals surface area contributed by atoms with Crippen molar-refractivity contribution in [1.29, 1.82) is 0 Å². The molecular weight excluding hydrogens is 324 g/mol. The largest absolute Gasteiger partial charge is 0.342 e. The first-order valence-electron chi connectivity index (χ1n) is 8.82. The van der Waals surface area contributed by atoms with Gasteiger partial charge < -0.3 is 9.88 Å². The Balaban J connectivity index is 1.41. The summed E-state index contributed by atoms with van der Waals surface area (Å²) in [6.45, 7) is 3.64. The van der Waals surface area contributed by atoms with Crippen LogP contribution in [0.4, 0.5) is 8.78 Å². The fraction of sp³-hybridized carbons (Fsp3) is 0.474. The summed E-state index contributed by atoms with van der Waals surface area (Å²) < 4.78 is 26.5. The second-order valence-corrected chi connectivity index (χ2v) is 7.23. The quantitative estimate of drug-likeness (QED) is 0.922. The Morgan fingerprint density at radius 3 is 2.60 bits per heavy atom.